The van der Waals surface area contributed by atoms with E-state index in [0.29, 0.717) is 12.3 Å². The van der Waals surface area contributed by atoms with Gasteiger partial charge >= 0.3 is 5.97 Å². The SMILES string of the molecule is CCCCNC(=O)COc1cc(C(=O)O)ccc1C. The van der Waals surface area contributed by atoms with E-state index in [9.17, 15) is 9.59 Å². The van der Waals surface area contributed by atoms with Crippen molar-refractivity contribution in [1.29, 1.82) is 0 Å². The van der Waals surface area contributed by atoms with Gasteiger partial charge < -0.3 is 15.2 Å². The molecule has 0 saturated heterocycles. The second kappa shape index (κ2) is 7.41. The number of carboxylic acid groups (broad SMARTS) is 1. The topological polar surface area (TPSA) is 75.6 Å². The Balaban J connectivity index is 2.54. The molecule has 0 spiro atoms. The second-order valence-corrected chi connectivity index (χ2v) is 4.28. The molecular weight excluding hydrogens is 246 g/mol. The van der Waals surface area contributed by atoms with Crippen LogP contribution in [0.3, 0.4) is 0 Å². The van der Waals surface area contributed by atoms with Gasteiger partial charge in [0.1, 0.15) is 5.75 Å². The average Bonchev–Trinajstić information content (AvgIpc) is 2.37. The molecule has 1 amide bonds. The zero-order valence-corrected chi connectivity index (χ0v) is 11.2. The molecule has 0 atom stereocenters. The van der Waals surface area contributed by atoms with Crippen molar-refractivity contribution < 1.29 is 19.4 Å². The first-order valence-corrected chi connectivity index (χ1v) is 6.28. The minimum absolute atomic E-state index is 0.104. The number of benzene rings is 1. The molecule has 1 aromatic rings. The highest BCUT2D eigenvalue weighted by atomic mass is 16.5. The van der Waals surface area contributed by atoms with Crippen LogP contribution in [-0.2, 0) is 4.79 Å². The van der Waals surface area contributed by atoms with Crippen molar-refractivity contribution in [3.8, 4) is 5.75 Å². The van der Waals surface area contributed by atoms with E-state index in [4.69, 9.17) is 9.84 Å². The van der Waals surface area contributed by atoms with Gasteiger partial charge in [0.15, 0.2) is 6.61 Å². The fourth-order valence-electron chi connectivity index (χ4n) is 1.49. The van der Waals surface area contributed by atoms with E-state index in [0.717, 1.165) is 18.4 Å². The summed E-state index contributed by atoms with van der Waals surface area (Å²) < 4.78 is 5.34. The maximum atomic E-state index is 11.5. The summed E-state index contributed by atoms with van der Waals surface area (Å²) in [6, 6.07) is 4.59. The lowest BCUT2D eigenvalue weighted by Gasteiger charge is -2.10. The van der Waals surface area contributed by atoms with Crippen LogP contribution in [0.4, 0.5) is 0 Å². The molecule has 0 radical (unpaired) electrons. The molecule has 0 saturated carbocycles. The normalized spacial score (nSPS) is 10.0. The van der Waals surface area contributed by atoms with Crippen LogP contribution in [0, 0.1) is 6.92 Å². The Hall–Kier alpha value is -2.04. The molecule has 0 aliphatic rings. The van der Waals surface area contributed by atoms with Crippen molar-refractivity contribution in [1.82, 2.24) is 5.32 Å². The fourth-order valence-corrected chi connectivity index (χ4v) is 1.49. The van der Waals surface area contributed by atoms with Crippen LogP contribution in [0.2, 0.25) is 0 Å². The van der Waals surface area contributed by atoms with Crippen LogP contribution in [0.15, 0.2) is 18.2 Å². The molecule has 0 aliphatic heterocycles. The number of ether oxygens (including phenoxy) is 1. The van der Waals surface area contributed by atoms with Crippen LogP contribution < -0.4 is 10.1 Å². The Morgan fingerprint density at radius 2 is 2.11 bits per heavy atom. The summed E-state index contributed by atoms with van der Waals surface area (Å²) in [5.74, 6) is -0.795. The van der Waals surface area contributed by atoms with Gasteiger partial charge in [-0.2, -0.15) is 0 Å². The van der Waals surface area contributed by atoms with Crippen LogP contribution >= 0.6 is 0 Å². The van der Waals surface area contributed by atoms with Crippen LogP contribution in [0.5, 0.6) is 5.75 Å². The van der Waals surface area contributed by atoms with Crippen molar-refractivity contribution >= 4 is 11.9 Å². The molecule has 0 heterocycles. The number of aromatic carboxylic acids is 1. The first-order valence-electron chi connectivity index (χ1n) is 6.28. The summed E-state index contributed by atoms with van der Waals surface area (Å²) in [4.78, 5) is 22.3. The Labute approximate surface area is 112 Å². The molecular formula is C14H19NO4. The number of carbonyl (C=O) groups is 2. The highest BCUT2D eigenvalue weighted by Gasteiger charge is 2.08. The number of carboxylic acids is 1. The number of carbonyl (C=O) groups excluding carboxylic acids is 1. The summed E-state index contributed by atoms with van der Waals surface area (Å²) in [6.07, 6.45) is 1.94. The lowest BCUT2D eigenvalue weighted by Crippen LogP contribution is -2.29. The van der Waals surface area contributed by atoms with E-state index in [1.807, 2.05) is 6.92 Å². The standard InChI is InChI=1S/C14H19NO4/c1-3-4-7-15-13(16)9-19-12-8-11(14(17)18)6-5-10(12)2/h5-6,8H,3-4,7,9H2,1-2H3,(H,15,16)(H,17,18). The predicted octanol–water partition coefficient (Wildman–Crippen LogP) is 1.99. The van der Waals surface area contributed by atoms with Crippen molar-refractivity contribution in [2.24, 2.45) is 0 Å². The Morgan fingerprint density at radius 1 is 1.37 bits per heavy atom. The molecule has 5 heteroatoms. The second-order valence-electron chi connectivity index (χ2n) is 4.28. The van der Waals surface area contributed by atoms with Gasteiger partial charge in [-0.25, -0.2) is 4.79 Å². The van der Waals surface area contributed by atoms with Gasteiger partial charge in [0, 0.05) is 6.54 Å². The van der Waals surface area contributed by atoms with Crippen LogP contribution in [0.25, 0.3) is 0 Å². The third-order valence-corrected chi connectivity index (χ3v) is 2.65. The van der Waals surface area contributed by atoms with E-state index in [-0.39, 0.29) is 18.1 Å². The van der Waals surface area contributed by atoms with Gasteiger partial charge in [0.05, 0.1) is 5.56 Å². The minimum Gasteiger partial charge on any atom is -0.483 e. The van der Waals surface area contributed by atoms with E-state index in [1.165, 1.54) is 12.1 Å². The molecule has 5 nitrogen and oxygen atoms in total. The third kappa shape index (κ3) is 4.99. The minimum atomic E-state index is -1.02. The summed E-state index contributed by atoms with van der Waals surface area (Å²) in [5.41, 5.74) is 0.943. The highest BCUT2D eigenvalue weighted by Crippen LogP contribution is 2.19. The van der Waals surface area contributed by atoms with Gasteiger partial charge in [0.25, 0.3) is 5.91 Å². The van der Waals surface area contributed by atoms with Crippen molar-refractivity contribution in [3.05, 3.63) is 29.3 Å². The lowest BCUT2D eigenvalue weighted by molar-refractivity contribution is -0.123. The molecule has 104 valence electrons. The molecule has 0 aromatic heterocycles. The Bertz CT molecular complexity index is 457. The Kier molecular flexibility index (Phi) is 5.85. The number of hydrogen-bond donors (Lipinski definition) is 2. The van der Waals surface area contributed by atoms with Crippen molar-refractivity contribution in [2.75, 3.05) is 13.2 Å². The summed E-state index contributed by atoms with van der Waals surface area (Å²) >= 11 is 0. The van der Waals surface area contributed by atoms with Crippen LogP contribution in [-0.4, -0.2) is 30.1 Å². The monoisotopic (exact) mass is 265 g/mol. The highest BCUT2D eigenvalue weighted by molar-refractivity contribution is 5.88. The van der Waals surface area contributed by atoms with Crippen molar-refractivity contribution in [2.45, 2.75) is 26.7 Å². The molecule has 0 aliphatic carbocycles. The van der Waals surface area contributed by atoms with Gasteiger partial charge in [-0.15, -0.1) is 0 Å². The predicted molar refractivity (Wildman–Crippen MR) is 71.6 cm³/mol. The molecule has 2 N–H and O–H groups in total. The molecule has 0 unspecified atom stereocenters. The maximum absolute atomic E-state index is 11.5. The molecule has 0 fully saturated rings. The first-order chi connectivity index (χ1) is 9.04. The summed E-state index contributed by atoms with van der Waals surface area (Å²) in [6.45, 7) is 4.37. The quantitative estimate of drug-likeness (QED) is 0.739. The smallest absolute Gasteiger partial charge is 0.335 e. The van der Waals surface area contributed by atoms with E-state index < -0.39 is 5.97 Å². The molecule has 0 bridgehead atoms. The number of amides is 1. The first kappa shape index (κ1) is 15.0. The van der Waals surface area contributed by atoms with Gasteiger partial charge in [0.2, 0.25) is 0 Å². The zero-order chi connectivity index (χ0) is 14.3. The van der Waals surface area contributed by atoms with Crippen LogP contribution in [0.1, 0.15) is 35.7 Å². The van der Waals surface area contributed by atoms with E-state index in [1.54, 1.807) is 13.0 Å². The average molecular weight is 265 g/mol. The fraction of sp³-hybridized carbons (Fsp3) is 0.429. The summed E-state index contributed by atoms with van der Waals surface area (Å²) in [5, 5.41) is 11.6. The van der Waals surface area contributed by atoms with E-state index in [2.05, 4.69) is 5.32 Å². The van der Waals surface area contributed by atoms with Gasteiger partial charge in [-0.1, -0.05) is 19.4 Å². The zero-order valence-electron chi connectivity index (χ0n) is 11.2. The molecule has 19 heavy (non-hydrogen) atoms. The largest absolute Gasteiger partial charge is 0.483 e. The number of rotatable bonds is 7. The van der Waals surface area contributed by atoms with Crippen molar-refractivity contribution in [3.63, 3.8) is 0 Å². The van der Waals surface area contributed by atoms with E-state index >= 15 is 0 Å². The Morgan fingerprint density at radius 3 is 2.74 bits per heavy atom. The summed E-state index contributed by atoms with van der Waals surface area (Å²) in [7, 11) is 0. The maximum Gasteiger partial charge on any atom is 0.335 e. The molecule has 1 rings (SSSR count). The number of unbranched alkanes of at least 4 members (excludes halogenated alkanes) is 1. The number of nitrogens with one attached hydrogen (secondary N) is 1. The van der Waals surface area contributed by atoms with Gasteiger partial charge in [-0.05, 0) is 31.0 Å². The number of aryl methyl sites for hydroxylation is 1. The number of hydrogen-bond acceptors (Lipinski definition) is 3. The lowest BCUT2D eigenvalue weighted by atomic mass is 10.1. The third-order valence-electron chi connectivity index (χ3n) is 2.65. The molecule has 1 aromatic carbocycles. The van der Waals surface area contributed by atoms with Gasteiger partial charge in [-0.3, -0.25) is 4.79 Å².